The Morgan fingerprint density at radius 2 is 1.63 bits per heavy atom. The fraction of sp³-hybridized carbons (Fsp3) is 0.692. The highest BCUT2D eigenvalue weighted by Gasteiger charge is 2.25. The molecule has 6 heteroatoms. The lowest BCUT2D eigenvalue weighted by molar-refractivity contribution is 0.134. The summed E-state index contributed by atoms with van der Waals surface area (Å²) >= 11 is 0. The molecular weight excluding hydrogens is 244 g/mol. The van der Waals surface area contributed by atoms with Gasteiger partial charge in [-0.25, -0.2) is 5.01 Å². The first-order chi connectivity index (χ1) is 9.13. The Morgan fingerprint density at radius 3 is 2.11 bits per heavy atom. The Kier molecular flexibility index (Phi) is 4.42. The molecule has 1 saturated heterocycles. The van der Waals surface area contributed by atoms with Gasteiger partial charge in [-0.1, -0.05) is 6.42 Å². The van der Waals surface area contributed by atoms with Crippen LogP contribution >= 0.6 is 0 Å². The second-order valence-corrected chi connectivity index (χ2v) is 4.92. The SMILES string of the molecule is COc1cc(OC)nc(NN2C(C)CCCC2C)n1. The van der Waals surface area contributed by atoms with E-state index in [2.05, 4.69) is 34.3 Å². The van der Waals surface area contributed by atoms with Crippen molar-refractivity contribution in [1.82, 2.24) is 15.0 Å². The van der Waals surface area contributed by atoms with Gasteiger partial charge in [0.25, 0.3) is 0 Å². The van der Waals surface area contributed by atoms with Gasteiger partial charge in [0.15, 0.2) is 0 Å². The van der Waals surface area contributed by atoms with Gasteiger partial charge < -0.3 is 9.47 Å². The molecule has 0 spiro atoms. The number of piperidine rings is 1. The highest BCUT2D eigenvalue weighted by Crippen LogP contribution is 2.24. The third kappa shape index (κ3) is 3.26. The van der Waals surface area contributed by atoms with Gasteiger partial charge in [-0.15, -0.1) is 0 Å². The van der Waals surface area contributed by atoms with Crippen LogP contribution in [-0.4, -0.2) is 41.3 Å². The van der Waals surface area contributed by atoms with Crippen LogP contribution in [-0.2, 0) is 0 Å². The molecule has 6 nitrogen and oxygen atoms in total. The monoisotopic (exact) mass is 266 g/mol. The van der Waals surface area contributed by atoms with Gasteiger partial charge in [0.1, 0.15) is 0 Å². The Labute approximate surface area is 114 Å². The molecule has 2 rings (SSSR count). The summed E-state index contributed by atoms with van der Waals surface area (Å²) in [5.41, 5.74) is 3.28. The average molecular weight is 266 g/mol. The zero-order valence-corrected chi connectivity index (χ0v) is 12.0. The summed E-state index contributed by atoms with van der Waals surface area (Å²) in [5, 5.41) is 2.21. The lowest BCUT2D eigenvalue weighted by atomic mass is 10.00. The Bertz CT molecular complexity index is 395. The Morgan fingerprint density at radius 1 is 1.11 bits per heavy atom. The van der Waals surface area contributed by atoms with E-state index in [9.17, 15) is 0 Å². The summed E-state index contributed by atoms with van der Waals surface area (Å²) in [6.07, 6.45) is 3.62. The summed E-state index contributed by atoms with van der Waals surface area (Å²) in [7, 11) is 3.16. The van der Waals surface area contributed by atoms with Gasteiger partial charge in [0.2, 0.25) is 17.7 Å². The maximum absolute atomic E-state index is 5.15. The fourth-order valence-electron chi connectivity index (χ4n) is 2.42. The number of ether oxygens (including phenoxy) is 2. The van der Waals surface area contributed by atoms with E-state index in [0.717, 1.165) is 0 Å². The van der Waals surface area contributed by atoms with Crippen LogP contribution < -0.4 is 14.9 Å². The van der Waals surface area contributed by atoms with Gasteiger partial charge in [0, 0.05) is 12.1 Å². The van der Waals surface area contributed by atoms with Gasteiger partial charge in [-0.2, -0.15) is 9.97 Å². The standard InChI is InChI=1S/C13H22N4O2/c1-9-6-5-7-10(2)17(9)16-13-14-11(18-3)8-12(15-13)19-4/h8-10H,5-7H2,1-4H3,(H,14,15,16). The molecule has 0 radical (unpaired) electrons. The van der Waals surface area contributed by atoms with E-state index in [-0.39, 0.29) is 0 Å². The number of nitrogens with one attached hydrogen (secondary N) is 1. The van der Waals surface area contributed by atoms with Gasteiger partial charge in [0.05, 0.1) is 20.3 Å². The number of rotatable bonds is 4. The molecule has 1 fully saturated rings. The maximum atomic E-state index is 5.15. The molecule has 19 heavy (non-hydrogen) atoms. The highest BCUT2D eigenvalue weighted by molar-refractivity contribution is 5.33. The maximum Gasteiger partial charge on any atom is 0.244 e. The van der Waals surface area contributed by atoms with Crippen molar-refractivity contribution in [3.8, 4) is 11.8 Å². The summed E-state index contributed by atoms with van der Waals surface area (Å²) in [5.74, 6) is 1.50. The lowest BCUT2D eigenvalue weighted by Crippen LogP contribution is -2.47. The van der Waals surface area contributed by atoms with Crippen LogP contribution in [0.4, 0.5) is 5.95 Å². The van der Waals surface area contributed by atoms with E-state index in [4.69, 9.17) is 9.47 Å². The van der Waals surface area contributed by atoms with E-state index < -0.39 is 0 Å². The average Bonchev–Trinajstić information content (AvgIpc) is 2.42. The summed E-state index contributed by atoms with van der Waals surface area (Å²) < 4.78 is 10.3. The van der Waals surface area contributed by atoms with E-state index in [1.54, 1.807) is 20.3 Å². The molecule has 2 atom stereocenters. The van der Waals surface area contributed by atoms with Crippen molar-refractivity contribution >= 4 is 5.95 Å². The minimum absolute atomic E-state index is 0.463. The molecule has 2 unspecified atom stereocenters. The van der Waals surface area contributed by atoms with Crippen LogP contribution in [0.5, 0.6) is 11.8 Å². The van der Waals surface area contributed by atoms with Crippen LogP contribution in [0.25, 0.3) is 0 Å². The van der Waals surface area contributed by atoms with Gasteiger partial charge in [-0.3, -0.25) is 5.43 Å². The van der Waals surface area contributed by atoms with Crippen LogP contribution in [0, 0.1) is 0 Å². The van der Waals surface area contributed by atoms with Crippen molar-refractivity contribution < 1.29 is 9.47 Å². The number of hydrogen-bond donors (Lipinski definition) is 1. The third-order valence-corrected chi connectivity index (χ3v) is 3.52. The smallest absolute Gasteiger partial charge is 0.244 e. The number of methoxy groups -OCH3 is 2. The van der Waals surface area contributed by atoms with Crippen molar-refractivity contribution in [2.75, 3.05) is 19.6 Å². The van der Waals surface area contributed by atoms with E-state index >= 15 is 0 Å². The van der Waals surface area contributed by atoms with Crippen molar-refractivity contribution in [2.45, 2.75) is 45.2 Å². The second kappa shape index (κ2) is 6.06. The summed E-state index contributed by atoms with van der Waals surface area (Å²) in [4.78, 5) is 8.59. The first kappa shape index (κ1) is 13.9. The molecule has 0 bridgehead atoms. The fourth-order valence-corrected chi connectivity index (χ4v) is 2.42. The van der Waals surface area contributed by atoms with E-state index in [1.165, 1.54) is 19.3 Å². The Balaban J connectivity index is 2.17. The van der Waals surface area contributed by atoms with Crippen molar-refractivity contribution in [1.29, 1.82) is 0 Å². The zero-order chi connectivity index (χ0) is 13.8. The second-order valence-electron chi connectivity index (χ2n) is 4.92. The van der Waals surface area contributed by atoms with Crippen LogP contribution in [0.1, 0.15) is 33.1 Å². The normalized spacial score (nSPS) is 24.0. The number of aromatic nitrogens is 2. The molecule has 0 aromatic carbocycles. The van der Waals surface area contributed by atoms with Crippen LogP contribution in [0.15, 0.2) is 6.07 Å². The first-order valence-corrected chi connectivity index (χ1v) is 6.66. The quantitative estimate of drug-likeness (QED) is 0.900. The predicted molar refractivity (Wildman–Crippen MR) is 73.4 cm³/mol. The molecule has 1 N–H and O–H groups in total. The zero-order valence-electron chi connectivity index (χ0n) is 12.0. The number of anilines is 1. The Hall–Kier alpha value is -1.56. The van der Waals surface area contributed by atoms with Gasteiger partial charge >= 0.3 is 0 Å². The molecule has 0 aliphatic carbocycles. The largest absolute Gasteiger partial charge is 0.481 e. The summed E-state index contributed by atoms with van der Waals surface area (Å²) in [6.45, 7) is 4.42. The van der Waals surface area contributed by atoms with Crippen LogP contribution in [0.3, 0.4) is 0 Å². The highest BCUT2D eigenvalue weighted by atomic mass is 16.5. The minimum Gasteiger partial charge on any atom is -0.481 e. The van der Waals surface area contributed by atoms with Crippen LogP contribution in [0.2, 0.25) is 0 Å². The van der Waals surface area contributed by atoms with Crippen molar-refractivity contribution in [3.05, 3.63) is 6.07 Å². The van der Waals surface area contributed by atoms with Gasteiger partial charge in [-0.05, 0) is 26.7 Å². The molecular formula is C13H22N4O2. The van der Waals surface area contributed by atoms with E-state index in [0.29, 0.717) is 29.8 Å². The molecule has 1 aromatic rings. The predicted octanol–water partition coefficient (Wildman–Crippen LogP) is 2.08. The van der Waals surface area contributed by atoms with E-state index in [1.807, 2.05) is 0 Å². The molecule has 2 heterocycles. The molecule has 106 valence electrons. The number of nitrogens with zero attached hydrogens (tertiary/aromatic N) is 3. The first-order valence-electron chi connectivity index (χ1n) is 6.66. The third-order valence-electron chi connectivity index (χ3n) is 3.52. The topological polar surface area (TPSA) is 59.5 Å². The molecule has 0 amide bonds. The van der Waals surface area contributed by atoms with Crippen molar-refractivity contribution in [3.63, 3.8) is 0 Å². The number of hydrazine groups is 1. The molecule has 1 aliphatic heterocycles. The van der Waals surface area contributed by atoms with Crippen molar-refractivity contribution in [2.24, 2.45) is 0 Å². The number of hydrogen-bond acceptors (Lipinski definition) is 6. The summed E-state index contributed by atoms with van der Waals surface area (Å²) in [6, 6.07) is 2.59. The molecule has 0 saturated carbocycles. The molecule has 1 aliphatic rings. The minimum atomic E-state index is 0.463. The molecule has 1 aromatic heterocycles. The lowest BCUT2D eigenvalue weighted by Gasteiger charge is -2.38.